The number of hydrogen-bond donors (Lipinski definition) is 1. The van der Waals surface area contributed by atoms with Gasteiger partial charge in [-0.2, -0.15) is 0 Å². The van der Waals surface area contributed by atoms with Gasteiger partial charge in [0.05, 0.1) is 17.1 Å². The summed E-state index contributed by atoms with van der Waals surface area (Å²) in [5.74, 6) is 0. The van der Waals surface area contributed by atoms with E-state index in [0.29, 0.717) is 11.6 Å². The summed E-state index contributed by atoms with van der Waals surface area (Å²) in [6, 6.07) is 6.17. The lowest BCUT2D eigenvalue weighted by molar-refractivity contribution is -0.0945. The van der Waals surface area contributed by atoms with Gasteiger partial charge in [0.15, 0.2) is 0 Å². The lowest BCUT2D eigenvalue weighted by atomic mass is 10.0. The average Bonchev–Trinajstić information content (AvgIpc) is 2.45. The van der Waals surface area contributed by atoms with Gasteiger partial charge in [0.2, 0.25) is 10.0 Å². The highest BCUT2D eigenvalue weighted by molar-refractivity contribution is 7.89. The third kappa shape index (κ3) is 4.90. The van der Waals surface area contributed by atoms with Gasteiger partial charge in [0, 0.05) is 30.2 Å². The number of halogens is 1. The van der Waals surface area contributed by atoms with Crippen molar-refractivity contribution in [1.29, 1.82) is 0 Å². The number of nitrogens with one attached hydrogen (secondary N) is 1. The van der Waals surface area contributed by atoms with Crippen LogP contribution < -0.4 is 4.72 Å². The molecule has 2 rings (SSSR count). The zero-order chi connectivity index (χ0) is 17.3. The van der Waals surface area contributed by atoms with Gasteiger partial charge in [-0.25, -0.2) is 13.1 Å². The van der Waals surface area contributed by atoms with E-state index < -0.39 is 10.0 Å². The van der Waals surface area contributed by atoms with Crippen LogP contribution in [-0.2, 0) is 14.8 Å². The van der Waals surface area contributed by atoms with Crippen molar-refractivity contribution in [3.05, 3.63) is 29.3 Å². The molecule has 0 saturated carbocycles. The molecule has 0 radical (unpaired) electrons. The molecule has 0 bridgehead atoms. The molecule has 2 atom stereocenters. The molecule has 1 saturated heterocycles. The van der Waals surface area contributed by atoms with Crippen LogP contribution in [0.2, 0.25) is 5.02 Å². The van der Waals surface area contributed by atoms with E-state index in [-0.39, 0.29) is 22.6 Å². The molecule has 1 aromatic carbocycles. The number of hydrogen-bond acceptors (Lipinski definition) is 4. The smallest absolute Gasteiger partial charge is 0.240 e. The summed E-state index contributed by atoms with van der Waals surface area (Å²) in [7, 11) is -3.54. The number of sulfonamides is 1. The van der Waals surface area contributed by atoms with Crippen molar-refractivity contribution in [1.82, 2.24) is 9.62 Å². The highest BCUT2D eigenvalue weighted by Gasteiger charge is 2.34. The fourth-order valence-corrected chi connectivity index (χ4v) is 4.08. The monoisotopic (exact) mass is 360 g/mol. The molecule has 130 valence electrons. The van der Waals surface area contributed by atoms with Gasteiger partial charge >= 0.3 is 0 Å². The molecular formula is C16H25ClN2O3S. The fourth-order valence-electron chi connectivity index (χ4n) is 2.75. The van der Waals surface area contributed by atoms with Gasteiger partial charge in [-0.1, -0.05) is 11.6 Å². The van der Waals surface area contributed by atoms with E-state index in [1.165, 1.54) is 12.1 Å². The lowest BCUT2D eigenvalue weighted by Crippen LogP contribution is -2.58. The molecule has 2 unspecified atom stereocenters. The summed E-state index contributed by atoms with van der Waals surface area (Å²) in [5, 5.41) is 0.514. The van der Waals surface area contributed by atoms with Crippen molar-refractivity contribution < 1.29 is 13.2 Å². The Morgan fingerprint density at radius 2 is 1.74 bits per heavy atom. The molecule has 1 aliphatic heterocycles. The number of nitrogens with zero attached hydrogens (tertiary/aromatic N) is 1. The predicted octanol–water partition coefficient (Wildman–Crippen LogP) is 2.51. The minimum absolute atomic E-state index is 0.144. The van der Waals surface area contributed by atoms with Gasteiger partial charge in [-0.05, 0) is 52.0 Å². The second-order valence-corrected chi connectivity index (χ2v) is 8.96. The predicted molar refractivity (Wildman–Crippen MR) is 92.3 cm³/mol. The largest absolute Gasteiger partial charge is 0.373 e. The number of rotatable bonds is 5. The maximum absolute atomic E-state index is 12.4. The first-order valence-electron chi connectivity index (χ1n) is 7.76. The summed E-state index contributed by atoms with van der Waals surface area (Å²) in [6.07, 6.45) is 0.289. The Morgan fingerprint density at radius 3 is 2.26 bits per heavy atom. The van der Waals surface area contributed by atoms with E-state index in [1.54, 1.807) is 12.1 Å². The molecule has 1 aliphatic rings. The van der Waals surface area contributed by atoms with Crippen molar-refractivity contribution in [3.63, 3.8) is 0 Å². The van der Waals surface area contributed by atoms with Gasteiger partial charge in [0.1, 0.15) is 0 Å². The molecule has 1 fully saturated rings. The summed E-state index contributed by atoms with van der Waals surface area (Å²) in [4.78, 5) is 2.50. The van der Waals surface area contributed by atoms with Crippen LogP contribution in [0.5, 0.6) is 0 Å². The molecule has 0 aromatic heterocycles. The number of morpholine rings is 1. The first-order valence-corrected chi connectivity index (χ1v) is 9.62. The molecule has 5 nitrogen and oxygen atoms in total. The van der Waals surface area contributed by atoms with Crippen LogP contribution in [-0.4, -0.2) is 50.7 Å². The van der Waals surface area contributed by atoms with E-state index in [4.69, 9.17) is 16.3 Å². The lowest BCUT2D eigenvalue weighted by Gasteiger charge is -2.45. The first-order chi connectivity index (χ1) is 10.6. The molecule has 0 aliphatic carbocycles. The van der Waals surface area contributed by atoms with Gasteiger partial charge in [-0.3, -0.25) is 4.90 Å². The number of ether oxygens (including phenoxy) is 1. The Bertz CT molecular complexity index is 621. The van der Waals surface area contributed by atoms with Crippen LogP contribution in [0, 0.1) is 0 Å². The van der Waals surface area contributed by atoms with Crippen molar-refractivity contribution in [3.8, 4) is 0 Å². The van der Waals surface area contributed by atoms with Gasteiger partial charge < -0.3 is 4.74 Å². The Kier molecular flexibility index (Phi) is 5.74. The minimum atomic E-state index is -3.54. The van der Waals surface area contributed by atoms with E-state index in [0.717, 1.165) is 13.1 Å². The molecule has 1 N–H and O–H groups in total. The highest BCUT2D eigenvalue weighted by atomic mass is 35.5. The molecule has 23 heavy (non-hydrogen) atoms. The van der Waals surface area contributed by atoms with Crippen LogP contribution in [0.15, 0.2) is 29.2 Å². The quantitative estimate of drug-likeness (QED) is 0.876. The second kappa shape index (κ2) is 7.07. The fraction of sp³-hybridized carbons (Fsp3) is 0.625. The molecule has 0 amide bonds. The SMILES string of the molecule is CC1CN(C(C)(C)CNS(=O)(=O)c2ccc(Cl)cc2)CC(C)O1. The molecule has 1 aromatic rings. The molecule has 1 heterocycles. The van der Waals surface area contributed by atoms with Crippen LogP contribution in [0.25, 0.3) is 0 Å². The van der Waals surface area contributed by atoms with Crippen LogP contribution in [0.1, 0.15) is 27.7 Å². The van der Waals surface area contributed by atoms with E-state index in [1.807, 2.05) is 27.7 Å². The van der Waals surface area contributed by atoms with E-state index in [9.17, 15) is 8.42 Å². The molecule has 7 heteroatoms. The first kappa shape index (κ1) is 18.7. The van der Waals surface area contributed by atoms with Crippen molar-refractivity contribution in [2.75, 3.05) is 19.6 Å². The summed E-state index contributed by atoms with van der Waals surface area (Å²) >= 11 is 5.81. The molecule has 0 spiro atoms. The maximum atomic E-state index is 12.4. The Hall–Kier alpha value is -0.660. The highest BCUT2D eigenvalue weighted by Crippen LogP contribution is 2.21. The maximum Gasteiger partial charge on any atom is 0.240 e. The summed E-state index contributed by atoms with van der Waals surface area (Å²) < 4.78 is 33.3. The Balaban J connectivity index is 2.04. The molecular weight excluding hydrogens is 336 g/mol. The minimum Gasteiger partial charge on any atom is -0.373 e. The summed E-state index contributed by atoms with van der Waals surface area (Å²) in [6.45, 7) is 10.1. The Morgan fingerprint density at radius 1 is 1.22 bits per heavy atom. The van der Waals surface area contributed by atoms with Crippen LogP contribution in [0.3, 0.4) is 0 Å². The van der Waals surface area contributed by atoms with E-state index >= 15 is 0 Å². The van der Waals surface area contributed by atoms with Gasteiger partial charge in [0.25, 0.3) is 0 Å². The van der Waals surface area contributed by atoms with Crippen molar-refractivity contribution in [2.45, 2.75) is 50.3 Å². The number of benzene rings is 1. The van der Waals surface area contributed by atoms with Crippen molar-refractivity contribution in [2.24, 2.45) is 0 Å². The zero-order valence-corrected chi connectivity index (χ0v) is 15.6. The van der Waals surface area contributed by atoms with E-state index in [2.05, 4.69) is 9.62 Å². The zero-order valence-electron chi connectivity index (χ0n) is 14.0. The Labute approximate surface area is 144 Å². The second-order valence-electron chi connectivity index (χ2n) is 6.75. The van der Waals surface area contributed by atoms with Crippen LogP contribution in [0.4, 0.5) is 0 Å². The van der Waals surface area contributed by atoms with Crippen LogP contribution >= 0.6 is 11.6 Å². The third-order valence-electron chi connectivity index (χ3n) is 4.09. The standard InChI is InChI=1S/C16H25ClN2O3S/c1-12-9-19(10-13(2)22-12)16(3,4)11-18-23(20,21)15-7-5-14(17)6-8-15/h5-8,12-13,18H,9-11H2,1-4H3. The van der Waals surface area contributed by atoms with Crippen molar-refractivity contribution >= 4 is 21.6 Å². The average molecular weight is 361 g/mol. The van der Waals surface area contributed by atoms with Gasteiger partial charge in [-0.15, -0.1) is 0 Å². The topological polar surface area (TPSA) is 58.6 Å². The summed E-state index contributed by atoms with van der Waals surface area (Å²) in [5.41, 5.74) is -0.300. The third-order valence-corrected chi connectivity index (χ3v) is 5.76. The normalized spacial score (nSPS) is 23.9.